The van der Waals surface area contributed by atoms with Crippen molar-refractivity contribution in [3.8, 4) is 0 Å². The van der Waals surface area contributed by atoms with E-state index in [0.717, 1.165) is 19.3 Å². The Bertz CT molecular complexity index is 151. The zero-order chi connectivity index (χ0) is 8.32. The van der Waals surface area contributed by atoms with Gasteiger partial charge >= 0.3 is 5.97 Å². The van der Waals surface area contributed by atoms with E-state index in [1.165, 1.54) is 0 Å². The Morgan fingerprint density at radius 1 is 1.73 bits per heavy atom. The summed E-state index contributed by atoms with van der Waals surface area (Å²) in [5.74, 6) is -0.221. The molecule has 0 unspecified atom stereocenters. The Kier molecular flexibility index (Phi) is 2.73. The average molecular weight is 178 g/mol. The van der Waals surface area contributed by atoms with Crippen LogP contribution in [0.4, 0.5) is 0 Å². The molecular weight excluding hydrogens is 166 g/mol. The molecule has 0 aromatic heterocycles. The van der Waals surface area contributed by atoms with Crippen LogP contribution in [-0.4, -0.2) is 18.1 Å². The molecule has 0 saturated heterocycles. The van der Waals surface area contributed by atoms with E-state index in [4.69, 9.17) is 16.5 Å². The number of ether oxygens (including phenoxy) is 1. The first-order valence-electron chi connectivity index (χ1n) is 3.80. The van der Waals surface area contributed by atoms with Gasteiger partial charge in [0.05, 0.1) is 6.61 Å². The number of carbonyl (C=O) groups excluding carboxylic acids is 1. The summed E-state index contributed by atoms with van der Waals surface area (Å²) in [5.41, 5.74) is -0.572. The molecule has 11 heavy (non-hydrogen) atoms. The molecule has 1 aliphatic rings. The highest BCUT2D eigenvalue weighted by atomic mass is 35.5. The van der Waals surface area contributed by atoms with Crippen molar-refractivity contribution in [1.29, 1.82) is 0 Å². The minimum Gasteiger partial charge on any atom is -0.465 e. The van der Waals surface area contributed by atoms with Gasteiger partial charge in [-0.3, -0.25) is 4.79 Å². The molecule has 0 aromatic rings. The van der Waals surface area contributed by atoms with Crippen molar-refractivity contribution in [2.45, 2.75) is 31.7 Å². The van der Waals surface area contributed by atoms with Gasteiger partial charge in [-0.25, -0.2) is 4.84 Å². The van der Waals surface area contributed by atoms with E-state index >= 15 is 0 Å². The third-order valence-corrected chi connectivity index (χ3v) is 2.42. The Balaban J connectivity index is 2.47. The normalized spacial score (nSPS) is 20.5. The lowest BCUT2D eigenvalue weighted by atomic mass is 9.78. The smallest absolute Gasteiger partial charge is 0.327 e. The van der Waals surface area contributed by atoms with Crippen LogP contribution in [-0.2, 0) is 9.53 Å². The summed E-state index contributed by atoms with van der Waals surface area (Å²) in [6.45, 7) is 2.21. The first kappa shape index (κ1) is 8.81. The molecule has 1 saturated carbocycles. The highest BCUT2D eigenvalue weighted by Crippen LogP contribution is 2.33. The van der Waals surface area contributed by atoms with E-state index in [0.29, 0.717) is 6.61 Å². The van der Waals surface area contributed by atoms with Crippen molar-refractivity contribution in [3.63, 3.8) is 0 Å². The van der Waals surface area contributed by atoms with Crippen LogP contribution in [0, 0.1) is 0 Å². The fourth-order valence-electron chi connectivity index (χ4n) is 1.14. The van der Waals surface area contributed by atoms with Crippen LogP contribution in [0.25, 0.3) is 0 Å². The molecule has 0 aromatic carbocycles. The topological polar surface area (TPSA) is 38.3 Å². The van der Waals surface area contributed by atoms with Crippen molar-refractivity contribution < 1.29 is 9.53 Å². The molecule has 4 heteroatoms. The number of carbonyl (C=O) groups is 1. The van der Waals surface area contributed by atoms with Crippen LogP contribution in [0.3, 0.4) is 0 Å². The molecule has 0 radical (unpaired) electrons. The standard InChI is InChI=1S/C7H12ClNO2/c1-2-11-6(10)7(9-8)4-3-5-7/h9H,2-5H2,1H3. The van der Waals surface area contributed by atoms with Crippen molar-refractivity contribution >= 4 is 17.7 Å². The molecule has 0 bridgehead atoms. The van der Waals surface area contributed by atoms with Gasteiger partial charge in [0, 0.05) is 0 Å². The predicted molar refractivity (Wildman–Crippen MR) is 42.2 cm³/mol. The molecular formula is C7H12ClNO2. The Hall–Kier alpha value is -0.280. The van der Waals surface area contributed by atoms with E-state index in [1.807, 2.05) is 0 Å². The van der Waals surface area contributed by atoms with Gasteiger partial charge in [-0.1, -0.05) is 0 Å². The molecule has 0 atom stereocenters. The molecule has 1 N–H and O–H groups in total. The summed E-state index contributed by atoms with van der Waals surface area (Å²) in [7, 11) is 0. The number of esters is 1. The highest BCUT2D eigenvalue weighted by molar-refractivity contribution is 6.15. The van der Waals surface area contributed by atoms with Gasteiger partial charge in [0.1, 0.15) is 5.54 Å². The number of hydrogen-bond acceptors (Lipinski definition) is 3. The van der Waals surface area contributed by atoms with Gasteiger partial charge in [-0.15, -0.1) is 0 Å². The molecule has 64 valence electrons. The maximum absolute atomic E-state index is 11.2. The lowest BCUT2D eigenvalue weighted by molar-refractivity contribution is -0.154. The molecule has 1 fully saturated rings. The average Bonchev–Trinajstić information content (AvgIpc) is 1.87. The molecule has 1 aliphatic carbocycles. The zero-order valence-corrected chi connectivity index (χ0v) is 7.28. The maximum Gasteiger partial charge on any atom is 0.327 e. The first-order valence-corrected chi connectivity index (χ1v) is 4.18. The highest BCUT2D eigenvalue weighted by Gasteiger charge is 2.45. The van der Waals surface area contributed by atoms with Gasteiger partial charge in [0.25, 0.3) is 0 Å². The molecule has 0 heterocycles. The maximum atomic E-state index is 11.2. The van der Waals surface area contributed by atoms with Crippen molar-refractivity contribution in [2.24, 2.45) is 0 Å². The molecule has 1 rings (SSSR count). The summed E-state index contributed by atoms with van der Waals surface area (Å²) in [6.07, 6.45) is 2.61. The lowest BCUT2D eigenvalue weighted by Gasteiger charge is -2.37. The summed E-state index contributed by atoms with van der Waals surface area (Å²) in [4.78, 5) is 13.7. The first-order chi connectivity index (χ1) is 5.25. The van der Waals surface area contributed by atoms with Crippen LogP contribution in [0.5, 0.6) is 0 Å². The third-order valence-electron chi connectivity index (χ3n) is 2.05. The Morgan fingerprint density at radius 2 is 2.36 bits per heavy atom. The molecule has 0 spiro atoms. The van der Waals surface area contributed by atoms with Gasteiger partial charge in [-0.05, 0) is 38.0 Å². The molecule has 3 nitrogen and oxygen atoms in total. The quantitative estimate of drug-likeness (QED) is 0.521. The van der Waals surface area contributed by atoms with Crippen LogP contribution < -0.4 is 4.84 Å². The fourth-order valence-corrected chi connectivity index (χ4v) is 1.40. The molecule has 0 aliphatic heterocycles. The monoisotopic (exact) mass is 177 g/mol. The second-order valence-electron chi connectivity index (χ2n) is 2.75. The SMILES string of the molecule is CCOC(=O)C1(NCl)CCC1. The second-order valence-corrected chi connectivity index (χ2v) is 2.94. The van der Waals surface area contributed by atoms with Gasteiger partial charge in [0.2, 0.25) is 0 Å². The van der Waals surface area contributed by atoms with Crippen LogP contribution in [0.15, 0.2) is 0 Å². The molecule has 0 amide bonds. The van der Waals surface area contributed by atoms with Crippen molar-refractivity contribution in [3.05, 3.63) is 0 Å². The lowest BCUT2D eigenvalue weighted by Crippen LogP contribution is -2.54. The zero-order valence-electron chi connectivity index (χ0n) is 6.52. The number of nitrogens with one attached hydrogen (secondary N) is 1. The van der Waals surface area contributed by atoms with Gasteiger partial charge in [-0.2, -0.15) is 0 Å². The van der Waals surface area contributed by atoms with E-state index in [-0.39, 0.29) is 5.97 Å². The number of halogens is 1. The number of hydrogen-bond donors (Lipinski definition) is 1. The Labute approximate surface area is 71.2 Å². The minimum atomic E-state index is -0.572. The van der Waals surface area contributed by atoms with Gasteiger partial charge < -0.3 is 4.74 Å². The largest absolute Gasteiger partial charge is 0.465 e. The van der Waals surface area contributed by atoms with Gasteiger partial charge in [0.15, 0.2) is 0 Å². The van der Waals surface area contributed by atoms with E-state index in [9.17, 15) is 4.79 Å². The van der Waals surface area contributed by atoms with E-state index in [2.05, 4.69) is 4.84 Å². The fraction of sp³-hybridized carbons (Fsp3) is 0.857. The minimum absolute atomic E-state index is 0.221. The summed E-state index contributed by atoms with van der Waals surface area (Å²) in [5, 5.41) is 0. The van der Waals surface area contributed by atoms with Crippen LogP contribution >= 0.6 is 11.8 Å². The second kappa shape index (κ2) is 3.41. The van der Waals surface area contributed by atoms with Crippen LogP contribution in [0.2, 0.25) is 0 Å². The predicted octanol–water partition coefficient (Wildman–Crippen LogP) is 1.22. The summed E-state index contributed by atoms with van der Waals surface area (Å²) >= 11 is 5.44. The van der Waals surface area contributed by atoms with Crippen molar-refractivity contribution in [1.82, 2.24) is 4.84 Å². The van der Waals surface area contributed by atoms with Crippen molar-refractivity contribution in [2.75, 3.05) is 6.61 Å². The Morgan fingerprint density at radius 3 is 2.64 bits per heavy atom. The number of rotatable bonds is 3. The van der Waals surface area contributed by atoms with E-state index in [1.54, 1.807) is 6.92 Å². The summed E-state index contributed by atoms with van der Waals surface area (Å²) in [6, 6.07) is 0. The third kappa shape index (κ3) is 1.49. The van der Waals surface area contributed by atoms with E-state index < -0.39 is 5.54 Å². The van der Waals surface area contributed by atoms with Crippen LogP contribution in [0.1, 0.15) is 26.2 Å². The summed E-state index contributed by atoms with van der Waals surface area (Å²) < 4.78 is 4.85.